The Morgan fingerprint density at radius 1 is 1.30 bits per heavy atom. The molecule has 0 unspecified atom stereocenters. The van der Waals surface area contributed by atoms with E-state index in [1.807, 2.05) is 0 Å². The van der Waals surface area contributed by atoms with Crippen molar-refractivity contribution in [2.24, 2.45) is 0 Å². The largest absolute Gasteiger partial charge is 0.702 e. The van der Waals surface area contributed by atoms with Gasteiger partial charge in [0.05, 0.1) is 7.11 Å². The zero-order valence-corrected chi connectivity index (χ0v) is 7.20. The number of hydrogen-bond donors (Lipinski definition) is 2. The van der Waals surface area contributed by atoms with E-state index in [-0.39, 0.29) is 6.10 Å². The minimum Gasteiger partial charge on any atom is -0.366 e. The summed E-state index contributed by atoms with van der Waals surface area (Å²) in [7, 11) is -2.81. The highest BCUT2D eigenvalue weighted by Gasteiger charge is 2.39. The maximum atomic E-state index is 8.81. The van der Waals surface area contributed by atoms with E-state index >= 15 is 0 Å². The molecule has 0 saturated heterocycles. The van der Waals surface area contributed by atoms with E-state index in [0.29, 0.717) is 0 Å². The third-order valence-electron chi connectivity index (χ3n) is 0.581. The van der Waals surface area contributed by atoms with E-state index < -0.39 is 9.05 Å². The fraction of sp³-hybridized carbons (Fsp3) is 1.00. The third-order valence-corrected chi connectivity index (χ3v) is 1.74. The Kier molecular flexibility index (Phi) is 4.02. The van der Waals surface area contributed by atoms with Gasteiger partial charge in [0.1, 0.15) is 0 Å². The topological polar surface area (TPSA) is 68.2 Å². The molecule has 0 heterocycles. The lowest BCUT2D eigenvalue weighted by Gasteiger charge is -2.16. The first-order valence-corrected chi connectivity index (χ1v) is 4.53. The van der Waals surface area contributed by atoms with Crippen molar-refractivity contribution in [1.82, 2.24) is 0 Å². The molecule has 0 spiro atoms. The Morgan fingerprint density at radius 2 is 1.80 bits per heavy atom. The predicted molar refractivity (Wildman–Crippen MR) is 34.5 cm³/mol. The minimum absolute atomic E-state index is 0.295. The van der Waals surface area contributed by atoms with Gasteiger partial charge >= 0.3 is 9.05 Å². The van der Waals surface area contributed by atoms with Gasteiger partial charge in [0, 0.05) is 6.10 Å². The van der Waals surface area contributed by atoms with E-state index in [1.54, 1.807) is 13.8 Å². The normalized spacial score (nSPS) is 12.6. The quantitative estimate of drug-likeness (QED) is 0.333. The summed E-state index contributed by atoms with van der Waals surface area (Å²) in [6.07, 6.45) is -0.295. The van der Waals surface area contributed by atoms with Crippen molar-refractivity contribution in [1.29, 1.82) is 0 Å². The fourth-order valence-electron chi connectivity index (χ4n) is 0.435. The fourth-order valence-corrected chi connectivity index (χ4v) is 1.31. The van der Waals surface area contributed by atoms with E-state index in [0.717, 1.165) is 0 Å². The molecule has 0 aliphatic carbocycles. The smallest absolute Gasteiger partial charge is 0.366 e. The number of rotatable bonds is 4. The molecular weight excluding hydrogens is 156 g/mol. The molecular formula is C4H12O5Si. The summed E-state index contributed by atoms with van der Waals surface area (Å²) in [6.45, 7) is 3.32. The zero-order chi connectivity index (χ0) is 8.20. The van der Waals surface area contributed by atoms with Crippen molar-refractivity contribution < 1.29 is 23.5 Å². The summed E-state index contributed by atoms with van der Waals surface area (Å²) in [4.78, 5) is 21.7. The molecule has 0 rings (SSSR count). The first-order chi connectivity index (χ1) is 4.48. The summed E-state index contributed by atoms with van der Waals surface area (Å²) in [6, 6.07) is 0. The molecule has 10 heavy (non-hydrogen) atoms. The summed E-state index contributed by atoms with van der Waals surface area (Å²) < 4.78 is 8.65. The van der Waals surface area contributed by atoms with Gasteiger partial charge in [-0.05, 0) is 13.8 Å². The van der Waals surface area contributed by atoms with Crippen LogP contribution in [0.2, 0.25) is 0 Å². The highest BCUT2D eigenvalue weighted by atomic mass is 28.4. The van der Waals surface area contributed by atoms with Crippen molar-refractivity contribution >= 4 is 9.05 Å². The summed E-state index contributed by atoms with van der Waals surface area (Å²) in [5.41, 5.74) is 0. The van der Waals surface area contributed by atoms with Crippen LogP contribution in [0, 0.1) is 0 Å². The summed E-state index contributed by atoms with van der Waals surface area (Å²) in [5, 5.41) is 0. The van der Waals surface area contributed by atoms with Crippen LogP contribution in [0.4, 0.5) is 0 Å². The molecule has 0 saturated carbocycles. The van der Waals surface area contributed by atoms with Crippen molar-refractivity contribution in [3.05, 3.63) is 0 Å². The lowest BCUT2D eigenvalue weighted by molar-refractivity contribution is -0.247. The van der Waals surface area contributed by atoms with Gasteiger partial charge in [-0.15, -0.1) is 0 Å². The Bertz CT molecular complexity index is 93.6. The molecule has 6 heteroatoms. The van der Waals surface area contributed by atoms with Gasteiger partial charge < -0.3 is 14.0 Å². The van der Waals surface area contributed by atoms with Gasteiger partial charge in [-0.3, -0.25) is 0 Å². The van der Waals surface area contributed by atoms with Crippen molar-refractivity contribution in [2.75, 3.05) is 7.11 Å². The average molecular weight is 168 g/mol. The van der Waals surface area contributed by atoms with E-state index in [4.69, 9.17) is 9.59 Å². The van der Waals surface area contributed by atoms with Gasteiger partial charge in [0.15, 0.2) is 0 Å². The van der Waals surface area contributed by atoms with Crippen LogP contribution in [0.15, 0.2) is 0 Å². The van der Waals surface area contributed by atoms with Gasteiger partial charge in [-0.1, -0.05) is 0 Å². The summed E-state index contributed by atoms with van der Waals surface area (Å²) >= 11 is 0. The average Bonchev–Trinajstić information content (AvgIpc) is 1.59. The molecule has 0 aromatic carbocycles. The number of hydrogen-bond acceptors (Lipinski definition) is 5. The van der Waals surface area contributed by atoms with Gasteiger partial charge in [-0.2, -0.15) is 4.58 Å². The monoisotopic (exact) mass is 168 g/mol. The molecule has 2 N–H and O–H groups in total. The zero-order valence-electron chi connectivity index (χ0n) is 6.20. The summed E-state index contributed by atoms with van der Waals surface area (Å²) in [5.74, 6) is 0. The standard InChI is InChI=1S/C4H12O5Si/c1-4(2)8-10(5,6)9-7-3/h4-6H,1-3H3. The van der Waals surface area contributed by atoms with Crippen molar-refractivity contribution in [3.8, 4) is 0 Å². The SMILES string of the molecule is COO[Si](O)(O)OC(C)C. The van der Waals surface area contributed by atoms with Gasteiger partial charge in [-0.25, -0.2) is 4.89 Å². The first kappa shape index (κ1) is 10.0. The molecule has 0 amide bonds. The Morgan fingerprint density at radius 3 is 2.10 bits per heavy atom. The first-order valence-electron chi connectivity index (χ1n) is 2.82. The van der Waals surface area contributed by atoms with Crippen molar-refractivity contribution in [2.45, 2.75) is 20.0 Å². The molecule has 0 aliphatic heterocycles. The van der Waals surface area contributed by atoms with E-state index in [2.05, 4.69) is 13.9 Å². The lowest BCUT2D eigenvalue weighted by atomic mass is 10.5. The molecule has 5 nitrogen and oxygen atoms in total. The molecule has 0 aromatic rings. The van der Waals surface area contributed by atoms with E-state index in [1.165, 1.54) is 7.11 Å². The van der Waals surface area contributed by atoms with Crippen LogP contribution < -0.4 is 0 Å². The molecule has 0 aromatic heterocycles. The van der Waals surface area contributed by atoms with Crippen LogP contribution in [0.1, 0.15) is 13.8 Å². The maximum absolute atomic E-state index is 8.81. The van der Waals surface area contributed by atoms with Gasteiger partial charge in [0.2, 0.25) is 0 Å². The highest BCUT2D eigenvalue weighted by molar-refractivity contribution is 6.50. The predicted octanol–water partition coefficient (Wildman–Crippen LogP) is -0.590. The second-order valence-electron chi connectivity index (χ2n) is 1.97. The van der Waals surface area contributed by atoms with Crippen LogP contribution in [-0.2, 0) is 13.9 Å². The minimum atomic E-state index is -3.99. The molecule has 0 aliphatic rings. The van der Waals surface area contributed by atoms with Crippen LogP contribution in [0.5, 0.6) is 0 Å². The van der Waals surface area contributed by atoms with Crippen LogP contribution in [0.25, 0.3) is 0 Å². The second kappa shape index (κ2) is 4.01. The second-order valence-corrected chi connectivity index (χ2v) is 3.46. The third kappa shape index (κ3) is 4.85. The van der Waals surface area contributed by atoms with Crippen LogP contribution in [-0.4, -0.2) is 31.9 Å². The Labute approximate surface area is 60.6 Å². The van der Waals surface area contributed by atoms with Crippen molar-refractivity contribution in [3.63, 3.8) is 0 Å². The Hall–Kier alpha value is 0.0169. The maximum Gasteiger partial charge on any atom is 0.702 e. The van der Waals surface area contributed by atoms with Crippen LogP contribution >= 0.6 is 0 Å². The molecule has 62 valence electrons. The molecule has 0 radical (unpaired) electrons. The van der Waals surface area contributed by atoms with Crippen LogP contribution in [0.3, 0.4) is 0 Å². The molecule has 0 fully saturated rings. The van der Waals surface area contributed by atoms with Gasteiger partial charge in [0.25, 0.3) is 0 Å². The molecule has 0 atom stereocenters. The lowest BCUT2D eigenvalue weighted by Crippen LogP contribution is -2.44. The Balaban J connectivity index is 3.63. The highest BCUT2D eigenvalue weighted by Crippen LogP contribution is 2.01. The van der Waals surface area contributed by atoms with E-state index in [9.17, 15) is 0 Å². The molecule has 0 bridgehead atoms.